The lowest BCUT2D eigenvalue weighted by Gasteiger charge is -2.09. The van der Waals surface area contributed by atoms with Crippen LogP contribution in [0.1, 0.15) is 26.7 Å². The number of anilines is 2. The molecule has 0 aliphatic heterocycles. The van der Waals surface area contributed by atoms with E-state index in [4.69, 9.17) is 5.73 Å². The Bertz CT molecular complexity index is 494. The Hall–Kier alpha value is -1.43. The third-order valence-electron chi connectivity index (χ3n) is 2.99. The molecule has 0 fully saturated rings. The van der Waals surface area contributed by atoms with Gasteiger partial charge in [0.15, 0.2) is 0 Å². The van der Waals surface area contributed by atoms with Crippen molar-refractivity contribution in [3.05, 3.63) is 24.0 Å². The molecule has 0 radical (unpaired) electrons. The van der Waals surface area contributed by atoms with Crippen molar-refractivity contribution in [2.24, 2.45) is 5.92 Å². The molecule has 1 aromatic carbocycles. The number of hydrogen-bond donors (Lipinski definition) is 2. The van der Waals surface area contributed by atoms with Crippen LogP contribution in [-0.2, 0) is 15.6 Å². The minimum atomic E-state index is -1.02. The second-order valence-electron chi connectivity index (χ2n) is 4.86. The monoisotopic (exact) mass is 300 g/mol. The molecule has 1 amide bonds. The molecule has 0 bridgehead atoms. The SMILES string of the molecule is CCC(C)CS(=O)CCC(=O)Nc1cc(N)ccc1F. The Morgan fingerprint density at radius 3 is 2.85 bits per heavy atom. The van der Waals surface area contributed by atoms with E-state index in [2.05, 4.69) is 5.32 Å². The fourth-order valence-electron chi connectivity index (χ4n) is 1.58. The molecule has 0 aromatic heterocycles. The zero-order valence-electron chi connectivity index (χ0n) is 11.8. The largest absolute Gasteiger partial charge is 0.399 e. The van der Waals surface area contributed by atoms with Crippen molar-refractivity contribution in [3.8, 4) is 0 Å². The molecule has 20 heavy (non-hydrogen) atoms. The molecule has 0 saturated carbocycles. The number of carbonyl (C=O) groups excluding carboxylic acids is 1. The summed E-state index contributed by atoms with van der Waals surface area (Å²) < 4.78 is 25.1. The molecule has 2 unspecified atom stereocenters. The highest BCUT2D eigenvalue weighted by molar-refractivity contribution is 7.85. The lowest BCUT2D eigenvalue weighted by Crippen LogP contribution is -2.18. The van der Waals surface area contributed by atoms with Gasteiger partial charge in [0.05, 0.1) is 5.69 Å². The maximum Gasteiger partial charge on any atom is 0.225 e. The minimum absolute atomic E-state index is 0.0581. The van der Waals surface area contributed by atoms with E-state index in [-0.39, 0.29) is 18.0 Å². The first kappa shape index (κ1) is 16.6. The van der Waals surface area contributed by atoms with Crippen molar-refractivity contribution in [2.75, 3.05) is 22.6 Å². The van der Waals surface area contributed by atoms with Crippen molar-refractivity contribution in [1.29, 1.82) is 0 Å². The summed E-state index contributed by atoms with van der Waals surface area (Å²) in [6, 6.07) is 3.99. The molecule has 0 aliphatic rings. The van der Waals surface area contributed by atoms with Crippen LogP contribution in [0.3, 0.4) is 0 Å². The molecule has 6 heteroatoms. The molecule has 0 aliphatic carbocycles. The van der Waals surface area contributed by atoms with Gasteiger partial charge in [-0.05, 0) is 24.1 Å². The summed E-state index contributed by atoms with van der Waals surface area (Å²) in [4.78, 5) is 11.7. The second-order valence-corrected chi connectivity index (χ2v) is 6.48. The lowest BCUT2D eigenvalue weighted by molar-refractivity contribution is -0.115. The highest BCUT2D eigenvalue weighted by atomic mass is 32.2. The molecule has 0 spiro atoms. The Kier molecular flexibility index (Phi) is 6.64. The first-order valence-electron chi connectivity index (χ1n) is 6.62. The van der Waals surface area contributed by atoms with Crippen LogP contribution in [0.25, 0.3) is 0 Å². The van der Waals surface area contributed by atoms with Gasteiger partial charge in [-0.3, -0.25) is 9.00 Å². The summed E-state index contributed by atoms with van der Waals surface area (Å²) in [6.07, 6.45) is 1.07. The van der Waals surface area contributed by atoms with Crippen molar-refractivity contribution < 1.29 is 13.4 Å². The molecule has 1 aromatic rings. The van der Waals surface area contributed by atoms with Gasteiger partial charge in [0.2, 0.25) is 5.91 Å². The first-order valence-corrected chi connectivity index (χ1v) is 8.11. The predicted octanol–water partition coefficient (Wildman–Crippen LogP) is 2.53. The zero-order valence-corrected chi connectivity index (χ0v) is 12.6. The molecular weight excluding hydrogens is 279 g/mol. The standard InChI is InChI=1S/C14H21FN2O2S/c1-3-10(2)9-20(19)7-6-14(18)17-13-8-11(16)4-5-12(13)15/h4-5,8,10H,3,6-7,9,16H2,1-2H3,(H,17,18). The average molecular weight is 300 g/mol. The van der Waals surface area contributed by atoms with Gasteiger partial charge in [0.1, 0.15) is 5.82 Å². The number of halogens is 1. The van der Waals surface area contributed by atoms with E-state index < -0.39 is 16.6 Å². The third-order valence-corrected chi connectivity index (χ3v) is 4.59. The number of carbonyl (C=O) groups is 1. The van der Waals surface area contributed by atoms with Crippen LogP contribution in [0.15, 0.2) is 18.2 Å². The molecule has 1 rings (SSSR count). The molecule has 2 atom stereocenters. The molecular formula is C14H21FN2O2S. The predicted molar refractivity (Wildman–Crippen MR) is 81.4 cm³/mol. The summed E-state index contributed by atoms with van der Waals surface area (Å²) in [5.74, 6) is 0.377. The van der Waals surface area contributed by atoms with Crippen molar-refractivity contribution in [3.63, 3.8) is 0 Å². The van der Waals surface area contributed by atoms with E-state index in [1.165, 1.54) is 18.2 Å². The first-order chi connectivity index (χ1) is 9.42. The van der Waals surface area contributed by atoms with E-state index in [1.54, 1.807) is 0 Å². The smallest absolute Gasteiger partial charge is 0.225 e. The Morgan fingerprint density at radius 1 is 1.50 bits per heavy atom. The number of nitrogen functional groups attached to an aromatic ring is 1. The fourth-order valence-corrected chi connectivity index (χ4v) is 3.03. The maximum atomic E-state index is 13.4. The van der Waals surface area contributed by atoms with E-state index in [1.807, 2.05) is 13.8 Å². The molecule has 0 saturated heterocycles. The summed E-state index contributed by atoms with van der Waals surface area (Å²) in [7, 11) is -1.02. The Labute approximate surface area is 121 Å². The second kappa shape index (κ2) is 7.99. The van der Waals surface area contributed by atoms with Gasteiger partial charge in [-0.25, -0.2) is 4.39 Å². The van der Waals surface area contributed by atoms with Gasteiger partial charge in [0.25, 0.3) is 0 Å². The van der Waals surface area contributed by atoms with Crippen LogP contribution < -0.4 is 11.1 Å². The summed E-state index contributed by atoms with van der Waals surface area (Å²) in [5, 5.41) is 2.45. The van der Waals surface area contributed by atoms with Crippen LogP contribution in [0.4, 0.5) is 15.8 Å². The van der Waals surface area contributed by atoms with E-state index in [0.29, 0.717) is 23.1 Å². The van der Waals surface area contributed by atoms with Gasteiger partial charge in [-0.1, -0.05) is 20.3 Å². The van der Waals surface area contributed by atoms with E-state index in [9.17, 15) is 13.4 Å². The average Bonchev–Trinajstić information content (AvgIpc) is 2.40. The third kappa shape index (κ3) is 5.69. The Balaban J connectivity index is 2.44. The van der Waals surface area contributed by atoms with Crippen LogP contribution in [0.2, 0.25) is 0 Å². The maximum absolute atomic E-state index is 13.4. The highest BCUT2D eigenvalue weighted by Gasteiger charge is 2.11. The quantitative estimate of drug-likeness (QED) is 0.760. The number of nitrogens with one attached hydrogen (secondary N) is 1. The molecule has 3 N–H and O–H groups in total. The molecule has 0 heterocycles. The number of nitrogens with two attached hydrogens (primary N) is 1. The molecule has 4 nitrogen and oxygen atoms in total. The van der Waals surface area contributed by atoms with Crippen molar-refractivity contribution in [2.45, 2.75) is 26.7 Å². The van der Waals surface area contributed by atoms with Gasteiger partial charge in [0, 0.05) is 34.4 Å². The van der Waals surface area contributed by atoms with Crippen LogP contribution in [-0.4, -0.2) is 21.6 Å². The fraction of sp³-hybridized carbons (Fsp3) is 0.500. The van der Waals surface area contributed by atoms with Crippen molar-refractivity contribution in [1.82, 2.24) is 0 Å². The van der Waals surface area contributed by atoms with Gasteiger partial charge >= 0.3 is 0 Å². The highest BCUT2D eigenvalue weighted by Crippen LogP contribution is 2.17. The zero-order chi connectivity index (χ0) is 15.1. The molecule has 112 valence electrons. The van der Waals surface area contributed by atoms with E-state index >= 15 is 0 Å². The van der Waals surface area contributed by atoms with Crippen molar-refractivity contribution >= 4 is 28.1 Å². The number of benzene rings is 1. The van der Waals surface area contributed by atoms with E-state index in [0.717, 1.165) is 6.42 Å². The van der Waals surface area contributed by atoms with Gasteiger partial charge in [-0.15, -0.1) is 0 Å². The normalized spacial score (nSPS) is 13.8. The Morgan fingerprint density at radius 2 is 2.20 bits per heavy atom. The van der Waals surface area contributed by atoms with Gasteiger partial charge in [-0.2, -0.15) is 0 Å². The van der Waals surface area contributed by atoms with Crippen LogP contribution >= 0.6 is 0 Å². The number of rotatable bonds is 7. The lowest BCUT2D eigenvalue weighted by atomic mass is 10.2. The number of amides is 1. The number of hydrogen-bond acceptors (Lipinski definition) is 3. The topological polar surface area (TPSA) is 72.2 Å². The van der Waals surface area contributed by atoms with Crippen LogP contribution in [0.5, 0.6) is 0 Å². The van der Waals surface area contributed by atoms with Crippen LogP contribution in [0, 0.1) is 11.7 Å². The summed E-state index contributed by atoms with van der Waals surface area (Å²) in [6.45, 7) is 4.07. The summed E-state index contributed by atoms with van der Waals surface area (Å²) >= 11 is 0. The summed E-state index contributed by atoms with van der Waals surface area (Å²) in [5.41, 5.74) is 5.96. The van der Waals surface area contributed by atoms with Gasteiger partial charge < -0.3 is 11.1 Å². The minimum Gasteiger partial charge on any atom is -0.399 e.